The summed E-state index contributed by atoms with van der Waals surface area (Å²) in [6.45, 7) is 3.09. The first-order valence-electron chi connectivity index (χ1n) is 2.85. The van der Waals surface area contributed by atoms with Crippen LogP contribution in [-0.4, -0.2) is 37.1 Å². The fraction of sp³-hybridized carbons (Fsp3) is 1.00. The van der Waals surface area contributed by atoms with Crippen molar-refractivity contribution in [3.05, 3.63) is 0 Å². The predicted molar refractivity (Wildman–Crippen MR) is 35.1 cm³/mol. The highest BCUT2D eigenvalue weighted by Gasteiger charge is 2.11. The first kappa shape index (κ1) is 6.33. The van der Waals surface area contributed by atoms with Gasteiger partial charge in [-0.15, -0.1) is 11.6 Å². The van der Waals surface area contributed by atoms with Crippen molar-refractivity contribution in [2.45, 2.75) is 5.50 Å². The van der Waals surface area contributed by atoms with E-state index in [2.05, 4.69) is 17.3 Å². The minimum Gasteiger partial charge on any atom is -0.302 e. The minimum absolute atomic E-state index is 0.161. The van der Waals surface area contributed by atoms with Crippen molar-refractivity contribution < 1.29 is 0 Å². The molecule has 2 nitrogen and oxygen atoms in total. The first-order chi connectivity index (χ1) is 3.79. The Kier molecular flexibility index (Phi) is 2.11. The normalized spacial score (nSPS) is 33.0. The second kappa shape index (κ2) is 2.67. The second-order valence-corrected chi connectivity index (χ2v) is 2.71. The number of hydrogen-bond donors (Lipinski definition) is 1. The van der Waals surface area contributed by atoms with Crippen LogP contribution in [0.15, 0.2) is 0 Å². The molecule has 1 atom stereocenters. The molecule has 0 aromatic carbocycles. The molecule has 1 fully saturated rings. The topological polar surface area (TPSA) is 15.3 Å². The summed E-state index contributed by atoms with van der Waals surface area (Å²) >= 11 is 5.76. The molecule has 1 aliphatic rings. The molecule has 0 aromatic heterocycles. The van der Waals surface area contributed by atoms with E-state index in [4.69, 9.17) is 11.6 Å². The molecule has 0 bridgehead atoms. The Balaban J connectivity index is 2.23. The van der Waals surface area contributed by atoms with E-state index >= 15 is 0 Å². The molecule has 48 valence electrons. The van der Waals surface area contributed by atoms with Crippen LogP contribution in [0.3, 0.4) is 0 Å². The second-order valence-electron chi connectivity index (χ2n) is 2.18. The third kappa shape index (κ3) is 1.62. The molecule has 1 saturated heterocycles. The minimum atomic E-state index is 0.161. The Morgan fingerprint density at radius 2 is 2.50 bits per heavy atom. The Morgan fingerprint density at radius 3 is 2.88 bits per heavy atom. The summed E-state index contributed by atoms with van der Waals surface area (Å²) in [7, 11) is 2.08. The molecule has 1 heterocycles. The van der Waals surface area contributed by atoms with Crippen LogP contribution in [-0.2, 0) is 0 Å². The average Bonchev–Trinajstić information content (AvgIpc) is 1.64. The van der Waals surface area contributed by atoms with Gasteiger partial charge in [-0.2, -0.15) is 0 Å². The van der Waals surface area contributed by atoms with E-state index in [0.29, 0.717) is 0 Å². The van der Waals surface area contributed by atoms with Gasteiger partial charge >= 0.3 is 0 Å². The number of nitrogens with zero attached hydrogens (tertiary/aromatic N) is 1. The van der Waals surface area contributed by atoms with Crippen molar-refractivity contribution in [2.75, 3.05) is 26.7 Å². The van der Waals surface area contributed by atoms with E-state index in [1.165, 1.54) is 0 Å². The van der Waals surface area contributed by atoms with Crippen LogP contribution in [0.2, 0.25) is 0 Å². The average molecular weight is 135 g/mol. The van der Waals surface area contributed by atoms with Gasteiger partial charge in [0, 0.05) is 19.6 Å². The molecule has 0 aromatic rings. The number of nitrogens with one attached hydrogen (secondary N) is 1. The molecular formula is C5H11ClN2. The van der Waals surface area contributed by atoms with Crippen LogP contribution in [0.4, 0.5) is 0 Å². The van der Waals surface area contributed by atoms with Gasteiger partial charge in [0.05, 0.1) is 5.50 Å². The molecule has 1 rings (SSSR count). The van der Waals surface area contributed by atoms with Gasteiger partial charge in [-0.1, -0.05) is 0 Å². The quantitative estimate of drug-likeness (QED) is 0.373. The van der Waals surface area contributed by atoms with Gasteiger partial charge in [0.25, 0.3) is 0 Å². The summed E-state index contributed by atoms with van der Waals surface area (Å²) in [5, 5.41) is 3.14. The zero-order valence-corrected chi connectivity index (χ0v) is 5.78. The molecular weight excluding hydrogens is 124 g/mol. The maximum Gasteiger partial charge on any atom is 0.0954 e. The van der Waals surface area contributed by atoms with Crippen LogP contribution in [0.5, 0.6) is 0 Å². The Morgan fingerprint density at radius 1 is 1.75 bits per heavy atom. The zero-order valence-electron chi connectivity index (χ0n) is 5.02. The molecule has 1 aliphatic heterocycles. The summed E-state index contributed by atoms with van der Waals surface area (Å²) in [5.74, 6) is 0. The highest BCUT2D eigenvalue weighted by molar-refractivity contribution is 6.20. The Bertz CT molecular complexity index is 68.8. The van der Waals surface area contributed by atoms with Gasteiger partial charge in [-0.3, -0.25) is 5.32 Å². The van der Waals surface area contributed by atoms with Gasteiger partial charge in [0.1, 0.15) is 0 Å². The van der Waals surface area contributed by atoms with E-state index < -0.39 is 0 Å². The standard InChI is InChI=1S/C5H11ClN2/c1-8-3-2-7-5(6)4-8/h5,7H,2-4H2,1H3. The largest absolute Gasteiger partial charge is 0.302 e. The van der Waals surface area contributed by atoms with Gasteiger partial charge in [-0.25, -0.2) is 0 Å². The third-order valence-corrected chi connectivity index (χ3v) is 1.62. The van der Waals surface area contributed by atoms with E-state index in [0.717, 1.165) is 19.6 Å². The number of rotatable bonds is 0. The lowest BCUT2D eigenvalue weighted by molar-refractivity contribution is 0.275. The van der Waals surface area contributed by atoms with Crippen molar-refractivity contribution in [1.82, 2.24) is 10.2 Å². The van der Waals surface area contributed by atoms with Crippen molar-refractivity contribution in [1.29, 1.82) is 0 Å². The fourth-order valence-electron chi connectivity index (χ4n) is 0.842. The maximum absolute atomic E-state index is 5.76. The van der Waals surface area contributed by atoms with E-state index in [1.807, 2.05) is 0 Å². The van der Waals surface area contributed by atoms with Crippen molar-refractivity contribution in [2.24, 2.45) is 0 Å². The molecule has 0 spiro atoms. The SMILES string of the molecule is CN1CCNC(Cl)C1. The summed E-state index contributed by atoms with van der Waals surface area (Å²) in [4.78, 5) is 2.22. The molecule has 0 saturated carbocycles. The third-order valence-electron chi connectivity index (χ3n) is 1.33. The molecule has 0 amide bonds. The lowest BCUT2D eigenvalue weighted by atomic mass is 10.4. The zero-order chi connectivity index (χ0) is 5.98. The molecule has 3 heteroatoms. The molecule has 1 N–H and O–H groups in total. The van der Waals surface area contributed by atoms with E-state index in [1.54, 1.807) is 0 Å². The number of hydrogen-bond acceptors (Lipinski definition) is 2. The van der Waals surface area contributed by atoms with Gasteiger partial charge in [-0.05, 0) is 7.05 Å². The Hall–Kier alpha value is 0.210. The van der Waals surface area contributed by atoms with Gasteiger partial charge in [0.15, 0.2) is 0 Å². The lowest BCUT2D eigenvalue weighted by Crippen LogP contribution is -2.46. The van der Waals surface area contributed by atoms with Crippen LogP contribution in [0.25, 0.3) is 0 Å². The van der Waals surface area contributed by atoms with Crippen molar-refractivity contribution in [3.63, 3.8) is 0 Å². The van der Waals surface area contributed by atoms with Crippen molar-refractivity contribution in [3.8, 4) is 0 Å². The highest BCUT2D eigenvalue weighted by atomic mass is 35.5. The number of likely N-dealkylation sites (N-methyl/N-ethyl adjacent to an activating group) is 1. The Labute approximate surface area is 54.8 Å². The first-order valence-corrected chi connectivity index (χ1v) is 3.28. The van der Waals surface area contributed by atoms with E-state index in [-0.39, 0.29) is 5.50 Å². The lowest BCUT2D eigenvalue weighted by Gasteiger charge is -2.26. The van der Waals surface area contributed by atoms with Crippen LogP contribution < -0.4 is 5.32 Å². The molecule has 0 aliphatic carbocycles. The molecule has 8 heavy (non-hydrogen) atoms. The van der Waals surface area contributed by atoms with Crippen LogP contribution in [0.1, 0.15) is 0 Å². The highest BCUT2D eigenvalue weighted by Crippen LogP contribution is 1.98. The van der Waals surface area contributed by atoms with Gasteiger partial charge in [0.2, 0.25) is 0 Å². The summed E-state index contributed by atoms with van der Waals surface area (Å²) < 4.78 is 0. The maximum atomic E-state index is 5.76. The number of piperazine rings is 1. The smallest absolute Gasteiger partial charge is 0.0954 e. The number of alkyl halides is 1. The number of halogens is 1. The summed E-state index contributed by atoms with van der Waals surface area (Å²) in [6.07, 6.45) is 0. The van der Waals surface area contributed by atoms with Crippen molar-refractivity contribution >= 4 is 11.6 Å². The molecule has 1 unspecified atom stereocenters. The van der Waals surface area contributed by atoms with Crippen LogP contribution >= 0.6 is 11.6 Å². The van der Waals surface area contributed by atoms with E-state index in [9.17, 15) is 0 Å². The van der Waals surface area contributed by atoms with Gasteiger partial charge < -0.3 is 4.90 Å². The summed E-state index contributed by atoms with van der Waals surface area (Å²) in [5.41, 5.74) is 0.161. The summed E-state index contributed by atoms with van der Waals surface area (Å²) in [6, 6.07) is 0. The fourth-order valence-corrected chi connectivity index (χ4v) is 1.19. The monoisotopic (exact) mass is 134 g/mol. The molecule has 0 radical (unpaired) electrons. The predicted octanol–water partition coefficient (Wildman–Crippen LogP) is 0.0863. The van der Waals surface area contributed by atoms with Crippen LogP contribution in [0, 0.1) is 0 Å².